The van der Waals surface area contributed by atoms with Crippen LogP contribution in [0, 0.1) is 5.92 Å². The van der Waals surface area contributed by atoms with E-state index in [-0.39, 0.29) is 5.91 Å². The SMILES string of the molecule is CC=CC(=O)N(CCOC)C(C)C1CC1. The van der Waals surface area contributed by atoms with Crippen LogP contribution >= 0.6 is 0 Å². The molecule has 1 fully saturated rings. The van der Waals surface area contributed by atoms with Gasteiger partial charge in [0.15, 0.2) is 0 Å². The fourth-order valence-corrected chi connectivity index (χ4v) is 1.78. The highest BCUT2D eigenvalue weighted by Crippen LogP contribution is 2.35. The summed E-state index contributed by atoms with van der Waals surface area (Å²) in [6.45, 7) is 5.31. The van der Waals surface area contributed by atoms with Gasteiger partial charge in [0.05, 0.1) is 6.61 Å². The zero-order valence-corrected chi connectivity index (χ0v) is 9.90. The van der Waals surface area contributed by atoms with E-state index in [0.717, 1.165) is 0 Å². The number of nitrogens with zero attached hydrogens (tertiary/aromatic N) is 1. The number of rotatable bonds is 6. The van der Waals surface area contributed by atoms with Crippen molar-refractivity contribution in [3.63, 3.8) is 0 Å². The maximum Gasteiger partial charge on any atom is 0.246 e. The summed E-state index contributed by atoms with van der Waals surface area (Å²) in [5.41, 5.74) is 0. The molecule has 0 saturated heterocycles. The molecule has 1 aliphatic rings. The zero-order valence-electron chi connectivity index (χ0n) is 9.90. The highest BCUT2D eigenvalue weighted by Gasteiger charge is 2.33. The molecular formula is C12H21NO2. The van der Waals surface area contributed by atoms with Crippen LogP contribution in [-0.2, 0) is 9.53 Å². The van der Waals surface area contributed by atoms with Crippen molar-refractivity contribution >= 4 is 5.91 Å². The van der Waals surface area contributed by atoms with Crippen LogP contribution in [-0.4, -0.2) is 37.1 Å². The van der Waals surface area contributed by atoms with Crippen LogP contribution in [0.25, 0.3) is 0 Å². The average Bonchev–Trinajstić information content (AvgIpc) is 3.01. The molecule has 0 heterocycles. The molecule has 0 spiro atoms. The van der Waals surface area contributed by atoms with E-state index < -0.39 is 0 Å². The van der Waals surface area contributed by atoms with Gasteiger partial charge >= 0.3 is 0 Å². The lowest BCUT2D eigenvalue weighted by atomic mass is 10.2. The van der Waals surface area contributed by atoms with Crippen molar-refractivity contribution in [2.24, 2.45) is 5.92 Å². The van der Waals surface area contributed by atoms with Gasteiger partial charge in [0.1, 0.15) is 0 Å². The lowest BCUT2D eigenvalue weighted by Crippen LogP contribution is -2.41. The first-order valence-corrected chi connectivity index (χ1v) is 5.63. The van der Waals surface area contributed by atoms with Crippen LogP contribution in [0.1, 0.15) is 26.7 Å². The third-order valence-corrected chi connectivity index (χ3v) is 2.92. The molecule has 0 aliphatic heterocycles. The van der Waals surface area contributed by atoms with Crippen LogP contribution in [0.3, 0.4) is 0 Å². The Hall–Kier alpha value is -0.830. The van der Waals surface area contributed by atoms with Crippen LogP contribution < -0.4 is 0 Å². The van der Waals surface area contributed by atoms with E-state index in [1.54, 1.807) is 19.3 Å². The monoisotopic (exact) mass is 211 g/mol. The van der Waals surface area contributed by atoms with E-state index >= 15 is 0 Å². The molecule has 0 bridgehead atoms. The maximum absolute atomic E-state index is 11.8. The predicted molar refractivity (Wildman–Crippen MR) is 60.6 cm³/mol. The molecule has 1 rings (SSSR count). The molecule has 0 N–H and O–H groups in total. The first kappa shape index (κ1) is 12.2. The van der Waals surface area contributed by atoms with Crippen LogP contribution in [0.4, 0.5) is 0 Å². The number of methoxy groups -OCH3 is 1. The number of carbonyl (C=O) groups excluding carboxylic acids is 1. The second-order valence-corrected chi connectivity index (χ2v) is 4.10. The third-order valence-electron chi connectivity index (χ3n) is 2.92. The van der Waals surface area contributed by atoms with Crippen molar-refractivity contribution in [1.82, 2.24) is 4.90 Å². The standard InChI is InChI=1S/C12H21NO2/c1-4-5-12(14)13(8-9-15-3)10(2)11-6-7-11/h4-5,10-11H,6-9H2,1-3H3. The zero-order chi connectivity index (χ0) is 11.3. The molecule has 1 atom stereocenters. The minimum absolute atomic E-state index is 0.106. The quantitative estimate of drug-likeness (QED) is 0.627. The molecule has 0 aromatic heterocycles. The number of carbonyl (C=O) groups is 1. The first-order chi connectivity index (χ1) is 7.20. The summed E-state index contributed by atoms with van der Waals surface area (Å²) >= 11 is 0. The largest absolute Gasteiger partial charge is 0.383 e. The van der Waals surface area contributed by atoms with Gasteiger partial charge in [-0.3, -0.25) is 4.79 Å². The van der Waals surface area contributed by atoms with Crippen molar-refractivity contribution in [1.29, 1.82) is 0 Å². The molecule has 1 amide bonds. The van der Waals surface area contributed by atoms with Gasteiger partial charge in [0.25, 0.3) is 0 Å². The minimum Gasteiger partial charge on any atom is -0.383 e. The normalized spacial score (nSPS) is 18.1. The Morgan fingerprint density at radius 3 is 2.73 bits per heavy atom. The number of hydrogen-bond donors (Lipinski definition) is 0. The minimum atomic E-state index is 0.106. The fraction of sp³-hybridized carbons (Fsp3) is 0.750. The third kappa shape index (κ3) is 3.67. The second kappa shape index (κ2) is 5.91. The second-order valence-electron chi connectivity index (χ2n) is 4.10. The van der Waals surface area contributed by atoms with Gasteiger partial charge in [-0.25, -0.2) is 0 Å². The fourth-order valence-electron chi connectivity index (χ4n) is 1.78. The summed E-state index contributed by atoms with van der Waals surface area (Å²) in [7, 11) is 1.67. The van der Waals surface area contributed by atoms with Crippen molar-refractivity contribution in [3.8, 4) is 0 Å². The first-order valence-electron chi connectivity index (χ1n) is 5.63. The Bertz CT molecular complexity index is 234. The molecule has 0 radical (unpaired) electrons. The summed E-state index contributed by atoms with van der Waals surface area (Å²) in [6, 6.07) is 0.351. The summed E-state index contributed by atoms with van der Waals surface area (Å²) in [4.78, 5) is 13.7. The smallest absolute Gasteiger partial charge is 0.246 e. The Morgan fingerprint density at radius 1 is 1.60 bits per heavy atom. The summed E-state index contributed by atoms with van der Waals surface area (Å²) < 4.78 is 5.03. The predicted octanol–water partition coefficient (Wildman–Crippen LogP) is 1.84. The van der Waals surface area contributed by atoms with E-state index in [1.165, 1.54) is 12.8 Å². The Labute approximate surface area is 92.1 Å². The molecule has 1 saturated carbocycles. The molecule has 3 heteroatoms. The Morgan fingerprint density at radius 2 is 2.27 bits per heavy atom. The maximum atomic E-state index is 11.8. The summed E-state index contributed by atoms with van der Waals surface area (Å²) in [5, 5.41) is 0. The molecule has 86 valence electrons. The van der Waals surface area contributed by atoms with Gasteiger partial charge < -0.3 is 9.64 Å². The number of hydrogen-bond acceptors (Lipinski definition) is 2. The average molecular weight is 211 g/mol. The lowest BCUT2D eigenvalue weighted by Gasteiger charge is -2.28. The van der Waals surface area contributed by atoms with Gasteiger partial charge in [-0.15, -0.1) is 0 Å². The van der Waals surface area contributed by atoms with Gasteiger partial charge in [-0.05, 0) is 38.7 Å². The van der Waals surface area contributed by atoms with Crippen molar-refractivity contribution in [2.45, 2.75) is 32.7 Å². The molecule has 1 unspecified atom stereocenters. The van der Waals surface area contributed by atoms with E-state index in [0.29, 0.717) is 25.1 Å². The highest BCUT2D eigenvalue weighted by molar-refractivity contribution is 5.87. The summed E-state index contributed by atoms with van der Waals surface area (Å²) in [6.07, 6.45) is 5.94. The van der Waals surface area contributed by atoms with Gasteiger partial charge in [0.2, 0.25) is 5.91 Å². The van der Waals surface area contributed by atoms with Crippen LogP contribution in [0.2, 0.25) is 0 Å². The van der Waals surface area contributed by atoms with Gasteiger partial charge in [-0.1, -0.05) is 6.08 Å². The highest BCUT2D eigenvalue weighted by atomic mass is 16.5. The van der Waals surface area contributed by atoms with Gasteiger partial charge in [0, 0.05) is 19.7 Å². The molecule has 3 nitrogen and oxygen atoms in total. The van der Waals surface area contributed by atoms with Gasteiger partial charge in [-0.2, -0.15) is 0 Å². The van der Waals surface area contributed by atoms with Crippen LogP contribution in [0.15, 0.2) is 12.2 Å². The molecule has 15 heavy (non-hydrogen) atoms. The van der Waals surface area contributed by atoms with E-state index in [9.17, 15) is 4.79 Å². The molecule has 1 aliphatic carbocycles. The molecule has 0 aromatic rings. The molecular weight excluding hydrogens is 190 g/mol. The Balaban J connectivity index is 2.54. The number of ether oxygens (including phenoxy) is 1. The van der Waals surface area contributed by atoms with Crippen molar-refractivity contribution in [3.05, 3.63) is 12.2 Å². The molecule has 0 aromatic carbocycles. The van der Waals surface area contributed by atoms with E-state index in [2.05, 4.69) is 6.92 Å². The topological polar surface area (TPSA) is 29.5 Å². The Kier molecular flexibility index (Phi) is 4.82. The van der Waals surface area contributed by atoms with Crippen molar-refractivity contribution < 1.29 is 9.53 Å². The van der Waals surface area contributed by atoms with E-state index in [4.69, 9.17) is 4.74 Å². The van der Waals surface area contributed by atoms with Crippen LogP contribution in [0.5, 0.6) is 0 Å². The van der Waals surface area contributed by atoms with Crippen molar-refractivity contribution in [2.75, 3.05) is 20.3 Å². The van der Waals surface area contributed by atoms with E-state index in [1.807, 2.05) is 11.8 Å². The number of amides is 1. The lowest BCUT2D eigenvalue weighted by molar-refractivity contribution is -0.129. The summed E-state index contributed by atoms with van der Waals surface area (Å²) in [5.74, 6) is 0.810. The number of allylic oxidation sites excluding steroid dienone is 1.